The fraction of sp³-hybridized carbons (Fsp3) is 0.240. The second-order valence-corrected chi connectivity index (χ2v) is 8.11. The van der Waals surface area contributed by atoms with E-state index in [0.717, 1.165) is 28.3 Å². The van der Waals surface area contributed by atoms with Gasteiger partial charge in [0.2, 0.25) is 0 Å². The van der Waals surface area contributed by atoms with Gasteiger partial charge in [0, 0.05) is 54.0 Å². The molecule has 0 aliphatic carbocycles. The van der Waals surface area contributed by atoms with E-state index in [1.165, 1.54) is 6.33 Å². The molecule has 1 aromatic carbocycles. The third-order valence-corrected chi connectivity index (χ3v) is 5.57. The molecule has 178 valence electrons. The molecule has 2 unspecified atom stereocenters. The number of anilines is 1. The average Bonchev–Trinajstić information content (AvgIpc) is 2.92. The number of para-hydroxylation sites is 1. The molecule has 3 N–H and O–H groups in total. The van der Waals surface area contributed by atoms with Crippen LogP contribution in [-0.4, -0.2) is 34.1 Å². The standard InChI is InChI=1S/C25H27N9O/c1-18(22-7-2-3-8-24(22)35-16-21-6-4-5-11-28-21)15-34(27)25-12-23(30-17-31-25)19-9-10-20(29-13-19)14-32-33-26/h2-13,17-18,20,29H,14-16,27H2,1H3. The van der Waals surface area contributed by atoms with Crippen LogP contribution in [0.4, 0.5) is 5.82 Å². The normalized spacial score (nSPS) is 15.4. The van der Waals surface area contributed by atoms with Crippen LogP contribution in [0, 0.1) is 0 Å². The zero-order chi connectivity index (χ0) is 24.5. The maximum atomic E-state index is 8.48. The van der Waals surface area contributed by atoms with Crippen LogP contribution in [0.1, 0.15) is 29.8 Å². The Balaban J connectivity index is 1.41. The van der Waals surface area contributed by atoms with E-state index in [1.54, 1.807) is 11.2 Å². The van der Waals surface area contributed by atoms with Crippen molar-refractivity contribution in [3.63, 3.8) is 0 Å². The topological polar surface area (TPSA) is 138 Å². The van der Waals surface area contributed by atoms with E-state index in [4.69, 9.17) is 16.1 Å². The number of nitrogens with zero attached hydrogens (tertiary/aromatic N) is 7. The molecule has 0 saturated carbocycles. The zero-order valence-electron chi connectivity index (χ0n) is 19.4. The Morgan fingerprint density at radius 1 is 1.20 bits per heavy atom. The summed E-state index contributed by atoms with van der Waals surface area (Å²) in [4.78, 5) is 15.8. The predicted octanol–water partition coefficient (Wildman–Crippen LogP) is 4.11. The number of aromatic nitrogens is 3. The Morgan fingerprint density at radius 3 is 2.83 bits per heavy atom. The first-order chi connectivity index (χ1) is 17.1. The van der Waals surface area contributed by atoms with Crippen LogP contribution >= 0.6 is 0 Å². The van der Waals surface area contributed by atoms with E-state index in [-0.39, 0.29) is 12.0 Å². The largest absolute Gasteiger partial charge is 0.487 e. The van der Waals surface area contributed by atoms with E-state index in [2.05, 4.69) is 37.2 Å². The van der Waals surface area contributed by atoms with Crippen molar-refractivity contribution in [1.82, 2.24) is 20.3 Å². The summed E-state index contributed by atoms with van der Waals surface area (Å²) < 4.78 is 6.07. The van der Waals surface area contributed by atoms with Gasteiger partial charge in [0.25, 0.3) is 0 Å². The molecule has 2 atom stereocenters. The highest BCUT2D eigenvalue weighted by molar-refractivity contribution is 5.73. The van der Waals surface area contributed by atoms with Crippen molar-refractivity contribution >= 4 is 11.4 Å². The third-order valence-electron chi connectivity index (χ3n) is 5.57. The number of allylic oxidation sites excluding steroid dienone is 2. The molecule has 10 heteroatoms. The SMILES string of the molecule is CC(CN(N)c1cc(C2=CNC(CN=[N+]=[N-])C=C2)ncn1)c1ccccc1OCc1ccccn1. The maximum absolute atomic E-state index is 8.48. The van der Waals surface area contributed by atoms with Crippen molar-refractivity contribution < 1.29 is 4.74 Å². The van der Waals surface area contributed by atoms with Crippen LogP contribution < -0.4 is 20.9 Å². The second-order valence-electron chi connectivity index (χ2n) is 8.11. The molecule has 0 saturated heterocycles. The fourth-order valence-corrected chi connectivity index (χ4v) is 3.72. The van der Waals surface area contributed by atoms with Crippen molar-refractivity contribution in [2.75, 3.05) is 18.1 Å². The molecule has 0 bridgehead atoms. The summed E-state index contributed by atoms with van der Waals surface area (Å²) in [6, 6.07) is 15.5. The first kappa shape index (κ1) is 23.7. The van der Waals surface area contributed by atoms with Crippen LogP contribution in [0.2, 0.25) is 0 Å². The smallest absolute Gasteiger partial charge is 0.146 e. The zero-order valence-corrected chi connectivity index (χ0v) is 19.4. The highest BCUT2D eigenvalue weighted by Gasteiger charge is 2.17. The first-order valence-corrected chi connectivity index (χ1v) is 11.3. The van der Waals surface area contributed by atoms with Gasteiger partial charge in [-0.05, 0) is 29.3 Å². The molecule has 4 rings (SSSR count). The van der Waals surface area contributed by atoms with Gasteiger partial charge in [-0.25, -0.2) is 15.8 Å². The van der Waals surface area contributed by atoms with Crippen molar-refractivity contribution in [3.05, 3.63) is 107 Å². The highest BCUT2D eigenvalue weighted by atomic mass is 16.5. The lowest BCUT2D eigenvalue weighted by Gasteiger charge is -2.24. The van der Waals surface area contributed by atoms with Crippen LogP contribution in [0.15, 0.2) is 84.5 Å². The minimum Gasteiger partial charge on any atom is -0.487 e. The number of dihydropyridines is 1. The average molecular weight is 470 g/mol. The molecule has 1 aliphatic heterocycles. The van der Waals surface area contributed by atoms with E-state index in [0.29, 0.717) is 25.5 Å². The van der Waals surface area contributed by atoms with E-state index >= 15 is 0 Å². The molecule has 0 spiro atoms. The summed E-state index contributed by atoms with van der Waals surface area (Å²) in [7, 11) is 0. The van der Waals surface area contributed by atoms with Crippen molar-refractivity contribution in [2.45, 2.75) is 25.5 Å². The molecule has 0 radical (unpaired) electrons. The lowest BCUT2D eigenvalue weighted by atomic mass is 10.00. The molecule has 0 amide bonds. The first-order valence-electron chi connectivity index (χ1n) is 11.3. The van der Waals surface area contributed by atoms with Gasteiger partial charge in [0.05, 0.1) is 11.4 Å². The van der Waals surface area contributed by atoms with Gasteiger partial charge in [0.15, 0.2) is 0 Å². The van der Waals surface area contributed by atoms with Gasteiger partial charge in [-0.1, -0.05) is 48.5 Å². The number of hydrazine groups is 1. The van der Waals surface area contributed by atoms with Crippen LogP contribution in [0.3, 0.4) is 0 Å². The minimum atomic E-state index is -0.0391. The summed E-state index contributed by atoms with van der Waals surface area (Å²) in [5, 5.41) is 8.41. The Labute approximate surface area is 203 Å². The number of rotatable bonds is 10. The number of benzene rings is 1. The number of hydrogen-bond acceptors (Lipinski definition) is 8. The summed E-state index contributed by atoms with van der Waals surface area (Å²) in [6.07, 6.45) is 8.99. The fourth-order valence-electron chi connectivity index (χ4n) is 3.72. The van der Waals surface area contributed by atoms with Crippen molar-refractivity contribution in [2.24, 2.45) is 11.0 Å². The highest BCUT2D eigenvalue weighted by Crippen LogP contribution is 2.28. The summed E-state index contributed by atoms with van der Waals surface area (Å²) in [5.41, 5.74) is 12.0. The molecule has 3 aromatic rings. The lowest BCUT2D eigenvalue weighted by Crippen LogP contribution is -2.35. The van der Waals surface area contributed by atoms with E-state index < -0.39 is 0 Å². The van der Waals surface area contributed by atoms with Crippen LogP contribution in [0.5, 0.6) is 5.75 Å². The summed E-state index contributed by atoms with van der Waals surface area (Å²) >= 11 is 0. The second kappa shape index (κ2) is 11.6. The van der Waals surface area contributed by atoms with Gasteiger partial charge in [-0.2, -0.15) is 0 Å². The number of nitrogens with two attached hydrogens (primary N) is 1. The molecule has 1 aliphatic rings. The molecule has 3 heterocycles. The number of hydrogen-bond donors (Lipinski definition) is 2. The number of ether oxygens (including phenoxy) is 1. The van der Waals surface area contributed by atoms with Crippen molar-refractivity contribution in [3.8, 4) is 5.75 Å². The lowest BCUT2D eigenvalue weighted by molar-refractivity contribution is 0.296. The predicted molar refractivity (Wildman–Crippen MR) is 135 cm³/mol. The third kappa shape index (κ3) is 6.35. The Hall–Kier alpha value is -4.40. The Morgan fingerprint density at radius 2 is 2.06 bits per heavy atom. The van der Waals surface area contributed by atoms with Crippen molar-refractivity contribution in [1.29, 1.82) is 0 Å². The molecular weight excluding hydrogens is 442 g/mol. The van der Waals surface area contributed by atoms with Crippen LogP contribution in [-0.2, 0) is 6.61 Å². The number of pyridine rings is 1. The molecule has 10 nitrogen and oxygen atoms in total. The number of azide groups is 1. The number of nitrogens with one attached hydrogen (secondary N) is 1. The molecule has 0 fully saturated rings. The minimum absolute atomic E-state index is 0.0391. The van der Waals surface area contributed by atoms with Gasteiger partial charge in [-0.15, -0.1) is 0 Å². The van der Waals surface area contributed by atoms with Gasteiger partial charge in [-0.3, -0.25) is 9.99 Å². The quantitative estimate of drug-likeness (QED) is 0.150. The van der Waals surface area contributed by atoms with Gasteiger partial charge >= 0.3 is 0 Å². The van der Waals surface area contributed by atoms with Crippen LogP contribution in [0.25, 0.3) is 16.0 Å². The van der Waals surface area contributed by atoms with Gasteiger partial charge in [0.1, 0.15) is 24.5 Å². The monoisotopic (exact) mass is 469 g/mol. The van der Waals surface area contributed by atoms with Gasteiger partial charge < -0.3 is 10.1 Å². The van der Waals surface area contributed by atoms with E-state index in [9.17, 15) is 0 Å². The Bertz CT molecular complexity index is 1240. The Kier molecular flexibility index (Phi) is 7.90. The molecule has 35 heavy (non-hydrogen) atoms. The summed E-state index contributed by atoms with van der Waals surface area (Å²) in [6.45, 7) is 3.37. The maximum Gasteiger partial charge on any atom is 0.146 e. The molecule has 2 aromatic heterocycles. The van der Waals surface area contributed by atoms with E-state index in [1.807, 2.05) is 66.9 Å². The summed E-state index contributed by atoms with van der Waals surface area (Å²) in [5.74, 6) is 7.91. The molecular formula is C25H27N9O.